The minimum Gasteiger partial charge on any atom is -0.394 e. The molecule has 0 saturated carbocycles. The summed E-state index contributed by atoms with van der Waals surface area (Å²) in [5, 5.41) is 34.4. The number of nitrogens with one attached hydrogen (secondary N) is 2. The Labute approximate surface area is 203 Å². The highest BCUT2D eigenvalue weighted by Gasteiger charge is 2.45. The third-order valence-corrected chi connectivity index (χ3v) is 5.87. The fourth-order valence-electron chi connectivity index (χ4n) is 2.97. The third kappa shape index (κ3) is 12.0. The molecule has 0 aromatic carbocycles. The predicted octanol–water partition coefficient (Wildman–Crippen LogP) is -2.36. The zero-order chi connectivity index (χ0) is 26.4. The molecule has 0 aromatic heterocycles. The van der Waals surface area contributed by atoms with Crippen molar-refractivity contribution in [1.82, 2.24) is 10.6 Å². The zero-order valence-electron chi connectivity index (χ0n) is 20.0. The second kappa shape index (κ2) is 16.5. The van der Waals surface area contributed by atoms with Gasteiger partial charge in [0, 0.05) is 20.6 Å². The lowest BCUT2D eigenvalue weighted by Crippen LogP contribution is -2.64. The van der Waals surface area contributed by atoms with E-state index < -0.39 is 69.6 Å². The van der Waals surface area contributed by atoms with Gasteiger partial charge in [-0.3, -0.25) is 18.6 Å². The second-order valence-corrected chi connectivity index (χ2v) is 9.08. The van der Waals surface area contributed by atoms with Gasteiger partial charge in [-0.15, -0.1) is 0 Å². The molecule has 1 heterocycles. The van der Waals surface area contributed by atoms with E-state index in [-0.39, 0.29) is 33.0 Å². The van der Waals surface area contributed by atoms with Crippen molar-refractivity contribution in [2.75, 3.05) is 53.3 Å². The van der Waals surface area contributed by atoms with Crippen LogP contribution in [0.3, 0.4) is 0 Å². The molecular formula is C19H37N2O13P. The molecule has 0 aliphatic carbocycles. The Morgan fingerprint density at radius 1 is 1.14 bits per heavy atom. The van der Waals surface area contributed by atoms with Gasteiger partial charge in [0.15, 0.2) is 6.29 Å². The first kappa shape index (κ1) is 31.8. The third-order valence-electron chi connectivity index (χ3n) is 4.84. The predicted molar refractivity (Wildman–Crippen MR) is 118 cm³/mol. The fraction of sp³-hybridized carbons (Fsp3) is 0.895. The number of ether oxygens (including phenoxy) is 4. The van der Waals surface area contributed by atoms with E-state index in [1.807, 2.05) is 0 Å². The van der Waals surface area contributed by atoms with E-state index in [0.29, 0.717) is 6.42 Å². The van der Waals surface area contributed by atoms with Crippen molar-refractivity contribution in [3.05, 3.63) is 0 Å². The monoisotopic (exact) mass is 532 g/mol. The molecule has 1 fully saturated rings. The maximum absolute atomic E-state index is 12.0. The summed E-state index contributed by atoms with van der Waals surface area (Å²) >= 11 is 0. The van der Waals surface area contributed by atoms with E-state index in [9.17, 15) is 34.4 Å². The van der Waals surface area contributed by atoms with E-state index in [4.69, 9.17) is 23.5 Å². The highest BCUT2D eigenvalue weighted by Crippen LogP contribution is 2.43. The Bertz CT molecular complexity index is 685. The van der Waals surface area contributed by atoms with Gasteiger partial charge in [0.25, 0.3) is 0 Å². The topological polar surface area (TPSA) is 212 Å². The quantitative estimate of drug-likeness (QED) is 0.0856. The number of rotatable bonds is 17. The molecule has 1 rings (SSSR count). The molecule has 6 N–H and O–H groups in total. The first-order valence-electron chi connectivity index (χ1n) is 11.0. The van der Waals surface area contributed by atoms with Crippen LogP contribution in [0.1, 0.15) is 20.3 Å². The van der Waals surface area contributed by atoms with Crippen LogP contribution in [0.4, 0.5) is 0 Å². The van der Waals surface area contributed by atoms with E-state index in [1.54, 1.807) is 6.92 Å². The highest BCUT2D eigenvalue weighted by atomic mass is 31.2. The van der Waals surface area contributed by atoms with Crippen molar-refractivity contribution in [1.29, 1.82) is 0 Å². The Kier molecular flexibility index (Phi) is 15.0. The van der Waals surface area contributed by atoms with Crippen LogP contribution in [0.2, 0.25) is 0 Å². The standard InChI is InChI=1S/C19H37N2O13P/c1-4-13(34-35(27,28)29-3)10-31-8-7-30-6-5-20-15(24)11-32-19-16(21-12(2)23)18(26)17(25)14(9-22)33-19/h13-14,16-19,22,25-26H,4-11H2,1-3H3,(H,20,24)(H,21,23)(H,27,28)/t13-,14-,16-,17+,18-,19-/m1/s1. The molecule has 15 nitrogen and oxygen atoms in total. The molecule has 0 spiro atoms. The highest BCUT2D eigenvalue weighted by molar-refractivity contribution is 7.47. The summed E-state index contributed by atoms with van der Waals surface area (Å²) in [4.78, 5) is 32.7. The molecule has 16 heteroatoms. The number of hydrogen-bond acceptors (Lipinski definition) is 12. The van der Waals surface area contributed by atoms with Crippen molar-refractivity contribution in [3.8, 4) is 0 Å². The first-order chi connectivity index (χ1) is 16.5. The molecule has 2 amide bonds. The number of phosphoric ester groups is 1. The summed E-state index contributed by atoms with van der Waals surface area (Å²) in [6.07, 6.45) is -5.50. The van der Waals surface area contributed by atoms with Gasteiger partial charge in [-0.05, 0) is 6.42 Å². The normalized spacial score (nSPS) is 27.1. The summed E-state index contributed by atoms with van der Waals surface area (Å²) in [5.74, 6) is -1.03. The summed E-state index contributed by atoms with van der Waals surface area (Å²) in [6.45, 7) is 2.72. The van der Waals surface area contributed by atoms with E-state index in [1.165, 1.54) is 6.92 Å². The first-order valence-corrected chi connectivity index (χ1v) is 12.5. The smallest absolute Gasteiger partial charge is 0.394 e. The molecule has 7 atom stereocenters. The van der Waals surface area contributed by atoms with Crippen LogP contribution in [0, 0.1) is 0 Å². The van der Waals surface area contributed by atoms with Gasteiger partial charge in [0.2, 0.25) is 11.8 Å². The second-order valence-electron chi connectivity index (χ2n) is 7.57. The largest absolute Gasteiger partial charge is 0.472 e. The summed E-state index contributed by atoms with van der Waals surface area (Å²) in [6, 6.07) is -1.14. The van der Waals surface area contributed by atoms with Gasteiger partial charge >= 0.3 is 7.82 Å². The Morgan fingerprint density at radius 2 is 1.83 bits per heavy atom. The summed E-state index contributed by atoms with van der Waals surface area (Å²) in [5.41, 5.74) is 0. The fourth-order valence-corrected chi connectivity index (χ4v) is 3.65. The Balaban J connectivity index is 2.25. The lowest BCUT2D eigenvalue weighted by atomic mass is 9.97. The van der Waals surface area contributed by atoms with Gasteiger partial charge in [-0.1, -0.05) is 6.92 Å². The molecular weight excluding hydrogens is 495 g/mol. The van der Waals surface area contributed by atoms with Gasteiger partial charge in [0.05, 0.1) is 39.1 Å². The molecule has 1 unspecified atom stereocenters. The van der Waals surface area contributed by atoms with Crippen LogP contribution < -0.4 is 10.6 Å². The molecule has 0 aromatic rings. The minimum absolute atomic E-state index is 0.0768. The summed E-state index contributed by atoms with van der Waals surface area (Å²) in [7, 11) is -3.01. The number of carbonyl (C=O) groups is 2. The van der Waals surface area contributed by atoms with E-state index in [2.05, 4.69) is 15.2 Å². The number of hydrogen-bond donors (Lipinski definition) is 6. The van der Waals surface area contributed by atoms with Crippen LogP contribution in [0.15, 0.2) is 0 Å². The maximum Gasteiger partial charge on any atom is 0.472 e. The van der Waals surface area contributed by atoms with E-state index in [0.717, 1.165) is 7.11 Å². The lowest BCUT2D eigenvalue weighted by Gasteiger charge is -2.42. The molecule has 35 heavy (non-hydrogen) atoms. The average Bonchev–Trinajstić information content (AvgIpc) is 2.82. The van der Waals surface area contributed by atoms with Crippen LogP contribution in [-0.4, -0.2) is 122 Å². The van der Waals surface area contributed by atoms with Gasteiger partial charge < -0.3 is 49.8 Å². The number of aliphatic hydroxyl groups is 3. The van der Waals surface area contributed by atoms with E-state index >= 15 is 0 Å². The van der Waals surface area contributed by atoms with Gasteiger partial charge in [-0.2, -0.15) is 0 Å². The van der Waals surface area contributed by atoms with Crippen LogP contribution in [0.5, 0.6) is 0 Å². The number of phosphoric acid groups is 1. The SMILES string of the molecule is CC[C@H](COCCOCCNC(=O)CO[C@@H]1O[C@H](CO)[C@H](O)[C@H](O)[C@H]1NC(C)=O)OP(=O)(O)OC. The van der Waals surface area contributed by atoms with Crippen molar-refractivity contribution >= 4 is 19.6 Å². The van der Waals surface area contributed by atoms with Crippen molar-refractivity contribution in [3.63, 3.8) is 0 Å². The molecule has 1 aliphatic heterocycles. The van der Waals surface area contributed by atoms with Crippen LogP contribution in [0.25, 0.3) is 0 Å². The molecule has 1 saturated heterocycles. The van der Waals surface area contributed by atoms with Crippen molar-refractivity contribution in [2.45, 2.75) is 57.0 Å². The Hall–Kier alpha value is -1.23. The van der Waals surface area contributed by atoms with Crippen LogP contribution >= 0.6 is 7.82 Å². The number of aliphatic hydroxyl groups excluding tert-OH is 3. The maximum atomic E-state index is 12.0. The number of amides is 2. The van der Waals surface area contributed by atoms with Crippen molar-refractivity contribution in [2.24, 2.45) is 0 Å². The van der Waals surface area contributed by atoms with Gasteiger partial charge in [-0.25, -0.2) is 4.57 Å². The Morgan fingerprint density at radius 3 is 2.43 bits per heavy atom. The molecule has 0 bridgehead atoms. The molecule has 0 radical (unpaired) electrons. The molecule has 206 valence electrons. The average molecular weight is 532 g/mol. The lowest BCUT2D eigenvalue weighted by molar-refractivity contribution is -0.268. The zero-order valence-corrected chi connectivity index (χ0v) is 20.9. The molecule has 1 aliphatic rings. The van der Waals surface area contributed by atoms with Gasteiger partial charge in [0.1, 0.15) is 31.0 Å². The summed E-state index contributed by atoms with van der Waals surface area (Å²) < 4.78 is 42.0. The minimum atomic E-state index is -4.08. The van der Waals surface area contributed by atoms with Crippen molar-refractivity contribution < 1.29 is 62.4 Å². The van der Waals surface area contributed by atoms with Crippen LogP contribution in [-0.2, 0) is 42.1 Å². The number of carbonyl (C=O) groups excluding carboxylic acids is 2.